The van der Waals surface area contributed by atoms with Crippen LogP contribution in [0.5, 0.6) is 0 Å². The van der Waals surface area contributed by atoms with Gasteiger partial charge in [0, 0.05) is 11.5 Å². The maximum absolute atomic E-state index is 11.9. The minimum atomic E-state index is -0.0866. The van der Waals surface area contributed by atoms with E-state index in [-0.39, 0.29) is 5.97 Å². The first-order valence-corrected chi connectivity index (χ1v) is 6.86. The largest absolute Gasteiger partial charge is 0.462 e. The molecule has 0 fully saturated rings. The molecule has 0 saturated carbocycles. The minimum absolute atomic E-state index is 0.0866. The summed E-state index contributed by atoms with van der Waals surface area (Å²) < 4.78 is 5.34. The SMILES string of the molecule is CCCCCCOC(=O)C1=CCC2C=CC1C2. The number of carbonyl (C=O) groups excluding carboxylic acids is 1. The van der Waals surface area contributed by atoms with Crippen molar-refractivity contribution < 1.29 is 9.53 Å². The summed E-state index contributed by atoms with van der Waals surface area (Å²) in [5.74, 6) is 0.912. The zero-order chi connectivity index (χ0) is 12.1. The fourth-order valence-corrected chi connectivity index (χ4v) is 2.62. The van der Waals surface area contributed by atoms with Crippen LogP contribution in [-0.2, 0) is 9.53 Å². The number of ether oxygens (including phenoxy) is 1. The molecule has 2 atom stereocenters. The van der Waals surface area contributed by atoms with Crippen molar-refractivity contribution in [1.29, 1.82) is 0 Å². The molecule has 0 aliphatic heterocycles. The molecular weight excluding hydrogens is 212 g/mol. The molecule has 2 aliphatic carbocycles. The second-order valence-electron chi connectivity index (χ2n) is 5.08. The summed E-state index contributed by atoms with van der Waals surface area (Å²) in [6, 6.07) is 0. The van der Waals surface area contributed by atoms with Gasteiger partial charge in [-0.15, -0.1) is 0 Å². The molecule has 0 amide bonds. The average Bonchev–Trinajstić information content (AvgIpc) is 2.71. The van der Waals surface area contributed by atoms with Crippen molar-refractivity contribution in [2.75, 3.05) is 6.61 Å². The van der Waals surface area contributed by atoms with Gasteiger partial charge in [0.15, 0.2) is 0 Å². The predicted octanol–water partition coefficient (Wildman–Crippen LogP) is 3.63. The molecule has 0 saturated heterocycles. The summed E-state index contributed by atoms with van der Waals surface area (Å²) in [5.41, 5.74) is 0.894. The number of unbranched alkanes of at least 4 members (excludes halogenated alkanes) is 3. The number of carbonyl (C=O) groups is 1. The summed E-state index contributed by atoms with van der Waals surface area (Å²) in [7, 11) is 0. The molecule has 2 unspecified atom stereocenters. The number of allylic oxidation sites excluding steroid dienone is 3. The predicted molar refractivity (Wildman–Crippen MR) is 68.5 cm³/mol. The van der Waals surface area contributed by atoms with Gasteiger partial charge < -0.3 is 4.74 Å². The Labute approximate surface area is 104 Å². The van der Waals surface area contributed by atoms with Crippen molar-refractivity contribution in [3.63, 3.8) is 0 Å². The first-order chi connectivity index (χ1) is 8.31. The monoisotopic (exact) mass is 234 g/mol. The van der Waals surface area contributed by atoms with E-state index in [0.29, 0.717) is 18.4 Å². The van der Waals surface area contributed by atoms with Crippen LogP contribution in [0, 0.1) is 11.8 Å². The van der Waals surface area contributed by atoms with Crippen LogP contribution in [0.25, 0.3) is 0 Å². The Hall–Kier alpha value is -1.05. The molecule has 2 heteroatoms. The Morgan fingerprint density at radius 2 is 2.24 bits per heavy atom. The van der Waals surface area contributed by atoms with Gasteiger partial charge in [0.1, 0.15) is 0 Å². The van der Waals surface area contributed by atoms with Gasteiger partial charge in [0.2, 0.25) is 0 Å². The molecule has 0 heterocycles. The molecule has 0 spiro atoms. The molecule has 94 valence electrons. The Morgan fingerprint density at radius 3 is 3.06 bits per heavy atom. The van der Waals surface area contributed by atoms with Crippen molar-refractivity contribution in [3.05, 3.63) is 23.8 Å². The van der Waals surface area contributed by atoms with E-state index in [0.717, 1.165) is 31.3 Å². The Morgan fingerprint density at radius 1 is 1.35 bits per heavy atom. The summed E-state index contributed by atoms with van der Waals surface area (Å²) in [5, 5.41) is 0. The van der Waals surface area contributed by atoms with Crippen LogP contribution in [0.1, 0.15) is 45.4 Å². The summed E-state index contributed by atoms with van der Waals surface area (Å²) in [6.07, 6.45) is 13.2. The lowest BCUT2D eigenvalue weighted by Gasteiger charge is -2.19. The average molecular weight is 234 g/mol. The highest BCUT2D eigenvalue weighted by Gasteiger charge is 2.30. The van der Waals surface area contributed by atoms with Gasteiger partial charge in [-0.05, 0) is 25.2 Å². The number of hydrogen-bond donors (Lipinski definition) is 0. The number of fused-ring (bicyclic) bond motifs is 2. The van der Waals surface area contributed by atoms with Gasteiger partial charge in [0.25, 0.3) is 0 Å². The lowest BCUT2D eigenvalue weighted by molar-refractivity contribution is -0.139. The van der Waals surface area contributed by atoms with Crippen molar-refractivity contribution in [1.82, 2.24) is 0 Å². The summed E-state index contributed by atoms with van der Waals surface area (Å²) >= 11 is 0. The van der Waals surface area contributed by atoms with Gasteiger partial charge in [-0.25, -0.2) is 4.79 Å². The second kappa shape index (κ2) is 6.04. The molecule has 2 rings (SSSR count). The summed E-state index contributed by atoms with van der Waals surface area (Å²) in [6.45, 7) is 2.76. The van der Waals surface area contributed by atoms with E-state index in [9.17, 15) is 4.79 Å². The normalized spacial score (nSPS) is 25.8. The maximum atomic E-state index is 11.9. The topological polar surface area (TPSA) is 26.3 Å². The van der Waals surface area contributed by atoms with Crippen molar-refractivity contribution in [2.45, 2.75) is 45.4 Å². The fraction of sp³-hybridized carbons (Fsp3) is 0.667. The van der Waals surface area contributed by atoms with Crippen molar-refractivity contribution in [2.24, 2.45) is 11.8 Å². The second-order valence-corrected chi connectivity index (χ2v) is 5.08. The van der Waals surface area contributed by atoms with Crippen LogP contribution in [0.3, 0.4) is 0 Å². The lowest BCUT2D eigenvalue weighted by Crippen LogP contribution is -2.18. The highest BCUT2D eigenvalue weighted by Crippen LogP contribution is 2.37. The Balaban J connectivity index is 1.73. The number of rotatable bonds is 6. The van der Waals surface area contributed by atoms with E-state index in [1.807, 2.05) is 0 Å². The molecule has 0 aromatic carbocycles. The van der Waals surface area contributed by atoms with Crippen molar-refractivity contribution >= 4 is 5.97 Å². The molecular formula is C15H22O2. The van der Waals surface area contributed by atoms with E-state index in [1.54, 1.807) is 0 Å². The number of esters is 1. The van der Waals surface area contributed by atoms with Gasteiger partial charge in [-0.1, -0.05) is 44.4 Å². The maximum Gasteiger partial charge on any atom is 0.334 e. The number of hydrogen-bond acceptors (Lipinski definition) is 2. The van der Waals surface area contributed by atoms with Crippen molar-refractivity contribution in [3.8, 4) is 0 Å². The Kier molecular flexibility index (Phi) is 4.41. The third kappa shape index (κ3) is 3.21. The smallest absolute Gasteiger partial charge is 0.334 e. The van der Waals surface area contributed by atoms with E-state index in [1.165, 1.54) is 12.8 Å². The molecule has 0 radical (unpaired) electrons. The van der Waals surface area contributed by atoms with E-state index in [4.69, 9.17) is 4.74 Å². The molecule has 2 aliphatic rings. The van der Waals surface area contributed by atoms with E-state index in [2.05, 4.69) is 25.2 Å². The van der Waals surface area contributed by atoms with Gasteiger partial charge in [-0.2, -0.15) is 0 Å². The third-order valence-corrected chi connectivity index (χ3v) is 3.68. The van der Waals surface area contributed by atoms with Crippen LogP contribution in [0.2, 0.25) is 0 Å². The highest BCUT2D eigenvalue weighted by molar-refractivity contribution is 5.89. The molecule has 17 heavy (non-hydrogen) atoms. The van der Waals surface area contributed by atoms with Gasteiger partial charge in [-0.3, -0.25) is 0 Å². The van der Waals surface area contributed by atoms with Crippen LogP contribution >= 0.6 is 0 Å². The van der Waals surface area contributed by atoms with Crippen LogP contribution < -0.4 is 0 Å². The van der Waals surface area contributed by atoms with E-state index < -0.39 is 0 Å². The lowest BCUT2D eigenvalue weighted by atomic mass is 9.87. The fourth-order valence-electron chi connectivity index (χ4n) is 2.62. The first-order valence-electron chi connectivity index (χ1n) is 6.86. The van der Waals surface area contributed by atoms with E-state index >= 15 is 0 Å². The molecule has 2 nitrogen and oxygen atoms in total. The first kappa shape index (κ1) is 12.4. The van der Waals surface area contributed by atoms with Crippen LogP contribution in [0.4, 0.5) is 0 Å². The minimum Gasteiger partial charge on any atom is -0.462 e. The molecule has 0 N–H and O–H groups in total. The highest BCUT2D eigenvalue weighted by atomic mass is 16.5. The van der Waals surface area contributed by atoms with Crippen LogP contribution in [-0.4, -0.2) is 12.6 Å². The standard InChI is InChI=1S/C15H22O2/c1-2-3-4-5-10-17-15(16)14-9-7-12-6-8-13(14)11-12/h6,8-9,12-13H,2-5,7,10-11H2,1H3. The Bertz CT molecular complexity index is 328. The molecule has 0 aromatic rings. The van der Waals surface area contributed by atoms with Crippen LogP contribution in [0.15, 0.2) is 23.8 Å². The zero-order valence-electron chi connectivity index (χ0n) is 10.7. The third-order valence-electron chi connectivity index (χ3n) is 3.68. The quantitative estimate of drug-likeness (QED) is 0.398. The van der Waals surface area contributed by atoms with Gasteiger partial charge >= 0.3 is 5.97 Å². The van der Waals surface area contributed by atoms with Gasteiger partial charge in [0.05, 0.1) is 6.61 Å². The summed E-state index contributed by atoms with van der Waals surface area (Å²) in [4.78, 5) is 11.9. The zero-order valence-corrected chi connectivity index (χ0v) is 10.7. The molecule has 0 aromatic heterocycles. The molecule has 2 bridgehead atoms.